The van der Waals surface area contributed by atoms with Gasteiger partial charge in [-0.15, -0.1) is 23.1 Å². The van der Waals surface area contributed by atoms with E-state index in [2.05, 4.69) is 21.0 Å². The maximum absolute atomic E-state index is 13.0. The van der Waals surface area contributed by atoms with Crippen LogP contribution in [-0.2, 0) is 10.5 Å². The van der Waals surface area contributed by atoms with Gasteiger partial charge in [-0.3, -0.25) is 9.59 Å². The van der Waals surface area contributed by atoms with E-state index in [1.807, 2.05) is 45.0 Å². The standard InChI is InChI=1S/C22H29N3O2S2/c1-14(2)23-21(26)16-7-6-8-17(11-16)25-22(27)19-9-4-5-10-20(19)29-13-18-12-28-15(3)24-18/h4-5,9-10,12,14,16-17H,6-8,11,13H2,1-3H3,(H,23,26)(H,25,27). The molecule has 2 unspecified atom stereocenters. The number of thioether (sulfide) groups is 1. The van der Waals surface area contributed by atoms with Crippen LogP contribution in [0, 0.1) is 12.8 Å². The van der Waals surface area contributed by atoms with Gasteiger partial charge < -0.3 is 10.6 Å². The van der Waals surface area contributed by atoms with Gasteiger partial charge >= 0.3 is 0 Å². The van der Waals surface area contributed by atoms with Crippen LogP contribution in [0.15, 0.2) is 34.5 Å². The molecule has 2 amide bonds. The van der Waals surface area contributed by atoms with Crippen molar-refractivity contribution in [3.63, 3.8) is 0 Å². The lowest BCUT2D eigenvalue weighted by Gasteiger charge is -2.29. The molecule has 2 N–H and O–H groups in total. The van der Waals surface area contributed by atoms with E-state index in [0.717, 1.165) is 40.6 Å². The van der Waals surface area contributed by atoms with Gasteiger partial charge in [0.1, 0.15) is 0 Å². The van der Waals surface area contributed by atoms with Gasteiger partial charge in [0.25, 0.3) is 5.91 Å². The molecule has 0 radical (unpaired) electrons. The van der Waals surface area contributed by atoms with Crippen LogP contribution in [0.4, 0.5) is 0 Å². The third kappa shape index (κ3) is 6.31. The van der Waals surface area contributed by atoms with Crippen LogP contribution in [0.2, 0.25) is 0 Å². The van der Waals surface area contributed by atoms with Crippen LogP contribution < -0.4 is 10.6 Å². The Bertz CT molecular complexity index is 850. The van der Waals surface area contributed by atoms with Gasteiger partial charge in [-0.1, -0.05) is 18.6 Å². The second kappa shape index (κ2) is 10.3. The molecule has 1 aromatic heterocycles. The minimum Gasteiger partial charge on any atom is -0.354 e. The number of hydrogen-bond acceptors (Lipinski definition) is 5. The first-order valence-electron chi connectivity index (χ1n) is 10.2. The van der Waals surface area contributed by atoms with Crippen molar-refractivity contribution in [2.75, 3.05) is 0 Å². The molecule has 3 rings (SSSR count). The van der Waals surface area contributed by atoms with E-state index < -0.39 is 0 Å². The van der Waals surface area contributed by atoms with Crippen LogP contribution in [-0.4, -0.2) is 28.9 Å². The van der Waals surface area contributed by atoms with Crippen LogP contribution in [0.25, 0.3) is 0 Å². The SMILES string of the molecule is Cc1nc(CSc2ccccc2C(=O)NC2CCCC(C(=O)NC(C)C)C2)cs1. The first kappa shape index (κ1) is 21.8. The maximum atomic E-state index is 13.0. The smallest absolute Gasteiger partial charge is 0.252 e. The summed E-state index contributed by atoms with van der Waals surface area (Å²) in [5.41, 5.74) is 1.73. The molecule has 1 fully saturated rings. The summed E-state index contributed by atoms with van der Waals surface area (Å²) in [6, 6.07) is 7.89. The molecular weight excluding hydrogens is 402 g/mol. The summed E-state index contributed by atoms with van der Waals surface area (Å²) in [7, 11) is 0. The highest BCUT2D eigenvalue weighted by Crippen LogP contribution is 2.28. The van der Waals surface area contributed by atoms with Crippen LogP contribution in [0.3, 0.4) is 0 Å². The van der Waals surface area contributed by atoms with E-state index in [1.165, 1.54) is 0 Å². The molecular formula is C22H29N3O2S2. The molecule has 1 saturated carbocycles. The third-order valence-corrected chi connectivity index (χ3v) is 6.91. The van der Waals surface area contributed by atoms with E-state index in [4.69, 9.17) is 0 Å². The number of aryl methyl sites for hydroxylation is 1. The molecule has 5 nitrogen and oxygen atoms in total. The fourth-order valence-corrected chi connectivity index (χ4v) is 5.29. The van der Waals surface area contributed by atoms with Gasteiger partial charge in [-0.2, -0.15) is 0 Å². The van der Waals surface area contributed by atoms with Crippen LogP contribution in [0.1, 0.15) is 60.6 Å². The van der Waals surface area contributed by atoms with E-state index in [-0.39, 0.29) is 29.8 Å². The Kier molecular flexibility index (Phi) is 7.72. The van der Waals surface area contributed by atoms with Crippen molar-refractivity contribution >= 4 is 34.9 Å². The fourth-order valence-electron chi connectivity index (χ4n) is 3.63. The Morgan fingerprint density at radius 3 is 2.79 bits per heavy atom. The zero-order valence-corrected chi connectivity index (χ0v) is 18.9. The van der Waals surface area contributed by atoms with Crippen molar-refractivity contribution in [3.05, 3.63) is 45.9 Å². The summed E-state index contributed by atoms with van der Waals surface area (Å²) in [4.78, 5) is 30.8. The lowest BCUT2D eigenvalue weighted by Crippen LogP contribution is -2.43. The quantitative estimate of drug-likeness (QED) is 0.631. The highest BCUT2D eigenvalue weighted by molar-refractivity contribution is 7.98. The summed E-state index contributed by atoms with van der Waals surface area (Å²) in [6.45, 7) is 5.95. The number of hydrogen-bond donors (Lipinski definition) is 2. The predicted molar refractivity (Wildman–Crippen MR) is 119 cm³/mol. The fraction of sp³-hybridized carbons (Fsp3) is 0.500. The molecule has 0 aliphatic heterocycles. The summed E-state index contributed by atoms with van der Waals surface area (Å²) in [5, 5.41) is 9.29. The number of carbonyl (C=O) groups excluding carboxylic acids is 2. The summed E-state index contributed by atoms with van der Waals surface area (Å²) in [5.74, 6) is 0.773. The van der Waals surface area contributed by atoms with Gasteiger partial charge in [-0.25, -0.2) is 4.98 Å². The number of amides is 2. The molecule has 1 aliphatic carbocycles. The molecule has 7 heteroatoms. The normalized spacial score (nSPS) is 19.2. The Balaban J connectivity index is 1.61. The Morgan fingerprint density at radius 1 is 1.28 bits per heavy atom. The topological polar surface area (TPSA) is 71.1 Å². The number of nitrogens with zero attached hydrogens (tertiary/aromatic N) is 1. The average Bonchev–Trinajstić information content (AvgIpc) is 3.11. The second-order valence-corrected chi connectivity index (χ2v) is 9.92. The molecule has 2 aromatic rings. The maximum Gasteiger partial charge on any atom is 0.252 e. The number of nitrogens with one attached hydrogen (secondary N) is 2. The lowest BCUT2D eigenvalue weighted by atomic mass is 9.85. The second-order valence-electron chi connectivity index (χ2n) is 7.84. The zero-order chi connectivity index (χ0) is 20.8. The van der Waals surface area contributed by atoms with Gasteiger partial charge in [0.2, 0.25) is 5.91 Å². The minimum absolute atomic E-state index is 0.0195. The molecule has 156 valence electrons. The van der Waals surface area contributed by atoms with Crippen LogP contribution in [0.5, 0.6) is 0 Å². The predicted octanol–water partition coefficient (Wildman–Crippen LogP) is 4.56. The summed E-state index contributed by atoms with van der Waals surface area (Å²) >= 11 is 3.28. The van der Waals surface area contributed by atoms with Gasteiger partial charge in [0, 0.05) is 34.0 Å². The molecule has 1 aliphatic rings. The highest BCUT2D eigenvalue weighted by atomic mass is 32.2. The van der Waals surface area contributed by atoms with Crippen LogP contribution >= 0.6 is 23.1 Å². The number of carbonyl (C=O) groups is 2. The van der Waals surface area contributed by atoms with E-state index in [1.54, 1.807) is 23.1 Å². The van der Waals surface area contributed by atoms with Crippen molar-refractivity contribution in [2.45, 2.75) is 69.2 Å². The van der Waals surface area contributed by atoms with Crippen molar-refractivity contribution in [2.24, 2.45) is 5.92 Å². The first-order valence-corrected chi connectivity index (χ1v) is 12.0. The van der Waals surface area contributed by atoms with Gasteiger partial charge in [0.15, 0.2) is 0 Å². The van der Waals surface area contributed by atoms with Crippen molar-refractivity contribution in [1.29, 1.82) is 0 Å². The number of rotatable bonds is 7. The number of aromatic nitrogens is 1. The van der Waals surface area contributed by atoms with E-state index >= 15 is 0 Å². The van der Waals surface area contributed by atoms with E-state index in [0.29, 0.717) is 12.0 Å². The third-order valence-electron chi connectivity index (χ3n) is 4.98. The van der Waals surface area contributed by atoms with E-state index in [9.17, 15) is 9.59 Å². The molecule has 1 aromatic carbocycles. The minimum atomic E-state index is -0.0579. The summed E-state index contributed by atoms with van der Waals surface area (Å²) in [6.07, 6.45) is 3.48. The molecule has 0 saturated heterocycles. The highest BCUT2D eigenvalue weighted by Gasteiger charge is 2.29. The molecule has 2 atom stereocenters. The largest absolute Gasteiger partial charge is 0.354 e. The monoisotopic (exact) mass is 431 g/mol. The van der Waals surface area contributed by atoms with Crippen molar-refractivity contribution in [1.82, 2.24) is 15.6 Å². The molecule has 0 bridgehead atoms. The molecule has 0 spiro atoms. The molecule has 1 heterocycles. The number of benzene rings is 1. The Morgan fingerprint density at radius 2 is 2.07 bits per heavy atom. The van der Waals surface area contributed by atoms with Crippen molar-refractivity contribution < 1.29 is 9.59 Å². The van der Waals surface area contributed by atoms with Gasteiger partial charge in [-0.05, 0) is 52.2 Å². The van der Waals surface area contributed by atoms with Gasteiger partial charge in [0.05, 0.1) is 16.3 Å². The molecule has 29 heavy (non-hydrogen) atoms. The summed E-state index contributed by atoms with van der Waals surface area (Å²) < 4.78 is 0. The number of thiazole rings is 1. The zero-order valence-electron chi connectivity index (χ0n) is 17.2. The average molecular weight is 432 g/mol. The van der Waals surface area contributed by atoms with Crippen molar-refractivity contribution in [3.8, 4) is 0 Å². The lowest BCUT2D eigenvalue weighted by molar-refractivity contribution is -0.126. The Labute approximate surface area is 181 Å². The first-order chi connectivity index (χ1) is 13.9. The Hall–Kier alpha value is -1.86.